The number of carbonyl (C=O) groups is 2. The summed E-state index contributed by atoms with van der Waals surface area (Å²) in [6, 6.07) is 20.8. The van der Waals surface area contributed by atoms with Gasteiger partial charge in [0.1, 0.15) is 35.3 Å². The molecule has 0 aliphatic heterocycles. The molecular formula is C40H25N7Na4O15S4. The first kappa shape index (κ1) is 61.0. The van der Waals surface area contributed by atoms with Gasteiger partial charge in [0.2, 0.25) is 5.78 Å². The van der Waals surface area contributed by atoms with Gasteiger partial charge in [0.05, 0.1) is 48.7 Å². The van der Waals surface area contributed by atoms with Crippen LogP contribution in [0.1, 0.15) is 22.8 Å². The molecule has 6 aromatic rings. The van der Waals surface area contributed by atoms with Crippen molar-refractivity contribution in [3.63, 3.8) is 0 Å². The van der Waals surface area contributed by atoms with Crippen molar-refractivity contribution >= 4 is 120 Å². The van der Waals surface area contributed by atoms with Gasteiger partial charge in [-0.1, -0.05) is 54.6 Å². The van der Waals surface area contributed by atoms with Gasteiger partial charge in [0.25, 0.3) is 10.1 Å². The van der Waals surface area contributed by atoms with Crippen molar-refractivity contribution in [2.45, 2.75) is 27.7 Å². The van der Waals surface area contributed by atoms with Gasteiger partial charge in [-0.3, -0.25) is 24.6 Å². The molecule has 0 bridgehead atoms. The number of aliphatic imine (C=N–C) groups is 1. The average Bonchev–Trinajstić information content (AvgIpc) is 3.23. The Morgan fingerprint density at radius 2 is 1.24 bits per heavy atom. The number of hydrogen-bond acceptors (Lipinski definition) is 21. The molecule has 7 rings (SSSR count). The molecule has 1 aliphatic rings. The number of rotatable bonds is 13. The summed E-state index contributed by atoms with van der Waals surface area (Å²) in [5.74, 6) is -3.30. The molecular weight excluding hydrogens is 1040 g/mol. The van der Waals surface area contributed by atoms with E-state index >= 15 is 0 Å². The summed E-state index contributed by atoms with van der Waals surface area (Å²) in [5, 5.41) is 32.4. The van der Waals surface area contributed by atoms with Crippen molar-refractivity contribution < 1.29 is 185 Å². The van der Waals surface area contributed by atoms with E-state index in [0.717, 1.165) is 37.3 Å². The fraction of sp³-hybridized carbons (Fsp3) is 0.0500. The third-order valence-corrected chi connectivity index (χ3v) is 12.9. The van der Waals surface area contributed by atoms with Crippen molar-refractivity contribution in [3.05, 3.63) is 125 Å². The third kappa shape index (κ3) is 13.8. The maximum absolute atomic E-state index is 14.2. The Hall–Kier alpha value is -3.30. The minimum absolute atomic E-state index is 0. The first-order chi connectivity index (χ1) is 30.9. The Labute approximate surface area is 487 Å². The van der Waals surface area contributed by atoms with Crippen molar-refractivity contribution in [1.29, 1.82) is 0 Å². The van der Waals surface area contributed by atoms with Crippen LogP contribution in [0.15, 0.2) is 159 Å². The van der Waals surface area contributed by atoms with Crippen molar-refractivity contribution in [2.75, 3.05) is 5.43 Å². The molecule has 70 heavy (non-hydrogen) atoms. The molecule has 0 fully saturated rings. The van der Waals surface area contributed by atoms with Gasteiger partial charge in [-0.05, 0) is 79.1 Å². The van der Waals surface area contributed by atoms with Crippen LogP contribution in [0, 0.1) is 0 Å². The molecule has 0 radical (unpaired) electrons. The number of nitrogens with zero attached hydrogens (tertiary/aromatic N) is 6. The number of ketones is 2. The number of Topliss-reactive ketones (excluding diaryl/α,β-unsaturated/α-hetero) is 2. The number of benzene rings is 6. The number of azo groups is 2. The number of allylic oxidation sites excluding steroid dienone is 1. The maximum atomic E-state index is 14.2. The van der Waals surface area contributed by atoms with E-state index in [1.165, 1.54) is 36.4 Å². The second kappa shape index (κ2) is 24.2. The molecule has 1 atom stereocenters. The summed E-state index contributed by atoms with van der Waals surface area (Å²) in [6.45, 7) is 0.977. The van der Waals surface area contributed by atoms with Crippen molar-refractivity contribution in [1.82, 2.24) is 0 Å². The summed E-state index contributed by atoms with van der Waals surface area (Å²) >= 11 is 0. The first-order valence-corrected chi connectivity index (χ1v) is 23.9. The third-order valence-electron chi connectivity index (χ3n) is 9.45. The van der Waals surface area contributed by atoms with Crippen LogP contribution in [-0.2, 0) is 45.3 Å². The quantitative estimate of drug-likeness (QED) is 0.0271. The maximum Gasteiger partial charge on any atom is 1.00 e. The summed E-state index contributed by atoms with van der Waals surface area (Å²) in [7, 11) is -21.1. The zero-order valence-electron chi connectivity index (χ0n) is 37.0. The summed E-state index contributed by atoms with van der Waals surface area (Å²) in [5.41, 5.74) is -0.426. The number of hydrogen-bond donors (Lipinski definition) is 2. The number of carbonyl (C=O) groups excluding carboxylic acids is 2. The molecule has 0 heterocycles. The van der Waals surface area contributed by atoms with E-state index in [0.29, 0.717) is 18.2 Å². The van der Waals surface area contributed by atoms with Crippen molar-refractivity contribution in [3.8, 4) is 0 Å². The van der Waals surface area contributed by atoms with Crippen LogP contribution in [0.25, 0.3) is 27.6 Å². The molecule has 1 unspecified atom stereocenters. The minimum atomic E-state index is -5.36. The topological polar surface area (TPSA) is 369 Å². The summed E-state index contributed by atoms with van der Waals surface area (Å²) < 4.78 is 145. The number of fused-ring (bicyclic) bond motifs is 3. The Morgan fingerprint density at radius 3 is 1.84 bits per heavy atom. The van der Waals surface area contributed by atoms with E-state index in [2.05, 4.69) is 36.0 Å². The van der Waals surface area contributed by atoms with E-state index in [4.69, 9.17) is 0 Å². The van der Waals surface area contributed by atoms with Gasteiger partial charge in [0.15, 0.2) is 17.5 Å². The minimum Gasteiger partial charge on any atom is -0.860 e. The number of hydrazone groups is 1. The molecule has 1 aliphatic carbocycles. The van der Waals surface area contributed by atoms with E-state index < -0.39 is 111 Å². The Kier molecular flexibility index (Phi) is 21.1. The standard InChI is InChI=1S/C40H29N7O15S4.4Na/c1-21(48)37(40(50)41-23-8-3-2-4-9-23)46-45-32-20-25(63(51,52)53)16-22-17-35(66(60,61)62)38(39(49)36(22)32)47-44-31-15-14-30(26-10-5-6-11-27(26)31)43-42-24-18-29-28(34(19-24)65(57,58)59)12-7-13-33(29)64(54,55)56;;;;/h2-20,37,44H,1H3,(H,41,50)(H,51,52,53)(H,54,55,56)(H,57,58,59)(H,60,61,62);;;;/q;4*+1/p-4/b43-42?,46-45?,47-38-;;;;. The number of anilines is 1. The normalized spacial score (nSPS) is 14.2. The van der Waals surface area contributed by atoms with Crippen LogP contribution in [0.5, 0.6) is 0 Å². The number of nitrogens with one attached hydrogen (secondary N) is 1. The smallest absolute Gasteiger partial charge is 0.860 e. The second-order valence-electron chi connectivity index (χ2n) is 13.8. The second-order valence-corrected chi connectivity index (χ2v) is 19.3. The van der Waals surface area contributed by atoms with E-state index in [-0.39, 0.29) is 157 Å². The molecule has 0 spiro atoms. The van der Waals surface area contributed by atoms with Crippen LogP contribution < -0.4 is 129 Å². The largest absolute Gasteiger partial charge is 1.00 e. The van der Waals surface area contributed by atoms with Gasteiger partial charge in [0, 0.05) is 21.5 Å². The van der Waals surface area contributed by atoms with Gasteiger partial charge >= 0.3 is 118 Å². The molecule has 0 saturated heterocycles. The molecule has 30 heteroatoms. The fourth-order valence-corrected chi connectivity index (χ4v) is 9.13. The van der Waals surface area contributed by atoms with Crippen LogP contribution in [0.4, 0.5) is 28.4 Å². The molecule has 0 saturated carbocycles. The van der Waals surface area contributed by atoms with Gasteiger partial charge < -0.3 is 18.8 Å². The molecule has 0 amide bonds. The fourth-order valence-electron chi connectivity index (χ4n) is 6.55. The van der Waals surface area contributed by atoms with Gasteiger partial charge in [-0.2, -0.15) is 28.9 Å². The molecule has 338 valence electrons. The average molecular weight is 1060 g/mol. The Balaban J connectivity index is 0.00000324. The van der Waals surface area contributed by atoms with Crippen molar-refractivity contribution in [2.24, 2.45) is 30.6 Å². The number of para-hydroxylation sites is 1. The Morgan fingerprint density at radius 1 is 0.629 bits per heavy atom. The van der Waals surface area contributed by atoms with Crippen LogP contribution in [-0.4, -0.2) is 81.1 Å². The first-order valence-electron chi connectivity index (χ1n) is 18.3. The van der Waals surface area contributed by atoms with Gasteiger partial charge in [-0.15, -0.1) is 5.11 Å². The van der Waals surface area contributed by atoms with E-state index in [1.807, 2.05) is 0 Å². The van der Waals surface area contributed by atoms with E-state index in [9.17, 15) is 66.6 Å². The molecule has 6 aromatic carbocycles. The zero-order valence-corrected chi connectivity index (χ0v) is 48.3. The molecule has 0 aromatic heterocycles. The van der Waals surface area contributed by atoms with Crippen LogP contribution in [0.3, 0.4) is 0 Å². The SMILES string of the molecule is CC(=O)C(N=Nc1cc(S(=O)(=O)[O-])cc2c1C(=O)/C(=N\Nc1ccc(N=Nc3cc(S(=O)(=O)[O-])c4cccc(S(=O)(=O)[O-])c4c3)c3ccccc13)C(S(=O)(=O)O)=C2)C([O-])=Nc1ccccc1.[Na+].[Na+].[Na+].[Na+]. The van der Waals surface area contributed by atoms with Gasteiger partial charge in [-0.25, -0.2) is 25.3 Å². The van der Waals surface area contributed by atoms with Crippen LogP contribution in [0.2, 0.25) is 0 Å². The Bertz CT molecular complexity index is 3710. The van der Waals surface area contributed by atoms with Crippen LogP contribution >= 0.6 is 0 Å². The zero-order chi connectivity index (χ0) is 47.9. The monoisotopic (exact) mass is 1060 g/mol. The molecule has 2 N–H and O–H groups in total. The van der Waals surface area contributed by atoms with E-state index in [1.54, 1.807) is 30.3 Å². The predicted molar refractivity (Wildman–Crippen MR) is 230 cm³/mol. The summed E-state index contributed by atoms with van der Waals surface area (Å²) in [6.07, 6.45) is 0.631. The molecule has 22 nitrogen and oxygen atoms in total. The predicted octanol–water partition coefficient (Wildman–Crippen LogP) is -6.84. The summed E-state index contributed by atoms with van der Waals surface area (Å²) in [4.78, 5) is 26.6.